The van der Waals surface area contributed by atoms with Crippen LogP contribution in [0, 0.1) is 29.6 Å². The Morgan fingerprint density at radius 1 is 1.14 bits per heavy atom. The summed E-state index contributed by atoms with van der Waals surface area (Å²) in [5.41, 5.74) is 0. The van der Waals surface area contributed by atoms with Crippen LogP contribution >= 0.6 is 0 Å². The summed E-state index contributed by atoms with van der Waals surface area (Å²) in [5.74, 6) is 4.62. The van der Waals surface area contributed by atoms with E-state index in [-0.39, 0.29) is 0 Å². The number of hydrogen-bond donors (Lipinski definition) is 0. The molecule has 5 atom stereocenters. The lowest BCUT2D eigenvalue weighted by Gasteiger charge is -2.30. The van der Waals surface area contributed by atoms with Crippen molar-refractivity contribution in [3.05, 3.63) is 0 Å². The van der Waals surface area contributed by atoms with Crippen molar-refractivity contribution in [1.29, 1.82) is 0 Å². The summed E-state index contributed by atoms with van der Waals surface area (Å²) in [6, 6.07) is 0. The van der Waals surface area contributed by atoms with E-state index in [2.05, 4.69) is 0 Å². The normalized spacial score (nSPS) is 49.3. The van der Waals surface area contributed by atoms with Crippen molar-refractivity contribution in [2.24, 2.45) is 29.6 Å². The van der Waals surface area contributed by atoms with Gasteiger partial charge < -0.3 is 4.74 Å². The molecule has 2 nitrogen and oxygen atoms in total. The van der Waals surface area contributed by atoms with Gasteiger partial charge in [0.05, 0.1) is 6.61 Å². The third-order valence-electron chi connectivity index (χ3n) is 4.94. The molecule has 0 aliphatic heterocycles. The van der Waals surface area contributed by atoms with Gasteiger partial charge in [0, 0.05) is 0 Å². The van der Waals surface area contributed by atoms with Crippen LogP contribution in [0.25, 0.3) is 0 Å². The lowest BCUT2D eigenvalue weighted by atomic mass is 9.76. The van der Waals surface area contributed by atoms with E-state index in [1.165, 1.54) is 32.1 Å². The molecule has 0 spiro atoms. The molecule has 2 bridgehead atoms. The number of hydrogen-bond acceptors (Lipinski definition) is 2. The van der Waals surface area contributed by atoms with E-state index < -0.39 is 0 Å². The summed E-state index contributed by atoms with van der Waals surface area (Å²) in [7, 11) is 0. The maximum absolute atomic E-state index is 10.2. The monoisotopic (exact) mass is 194 g/mol. The van der Waals surface area contributed by atoms with E-state index in [0.717, 1.165) is 23.7 Å². The summed E-state index contributed by atoms with van der Waals surface area (Å²) in [4.78, 5) is 10.2. The standard InChI is InChI=1S/C12H18O2/c13-7-14-6-9-4-8-5-12(9)11-3-1-2-10(8)11/h7-12H,1-6H2/t8-,9+,10-,11-,12-/m1/s1. The molecule has 3 fully saturated rings. The molecular formula is C12H18O2. The van der Waals surface area contributed by atoms with Gasteiger partial charge in [-0.3, -0.25) is 4.79 Å². The molecule has 14 heavy (non-hydrogen) atoms. The molecule has 3 rings (SSSR count). The Bertz CT molecular complexity index is 238. The van der Waals surface area contributed by atoms with E-state index >= 15 is 0 Å². The molecule has 0 unspecified atom stereocenters. The Hall–Kier alpha value is -0.530. The van der Waals surface area contributed by atoms with E-state index in [0.29, 0.717) is 19.0 Å². The number of ether oxygens (including phenoxy) is 1. The molecule has 2 heteroatoms. The van der Waals surface area contributed by atoms with Gasteiger partial charge >= 0.3 is 0 Å². The Labute approximate surface area is 85.0 Å². The predicted molar refractivity (Wildman–Crippen MR) is 52.6 cm³/mol. The third kappa shape index (κ3) is 1.12. The summed E-state index contributed by atoms with van der Waals surface area (Å²) in [6.45, 7) is 1.30. The van der Waals surface area contributed by atoms with Crippen LogP contribution in [-0.2, 0) is 9.53 Å². The predicted octanol–water partition coefficient (Wildman–Crippen LogP) is 2.23. The summed E-state index contributed by atoms with van der Waals surface area (Å²) >= 11 is 0. The molecule has 0 aromatic rings. The van der Waals surface area contributed by atoms with E-state index in [9.17, 15) is 4.79 Å². The maximum atomic E-state index is 10.2. The quantitative estimate of drug-likeness (QED) is 0.644. The Kier molecular flexibility index (Phi) is 2.03. The molecule has 3 saturated carbocycles. The Morgan fingerprint density at radius 2 is 2.00 bits per heavy atom. The number of fused-ring (bicyclic) bond motifs is 5. The largest absolute Gasteiger partial charge is 0.468 e. The average Bonchev–Trinajstić information content (AvgIpc) is 2.85. The Balaban J connectivity index is 1.68. The van der Waals surface area contributed by atoms with Crippen molar-refractivity contribution in [1.82, 2.24) is 0 Å². The third-order valence-corrected chi connectivity index (χ3v) is 4.94. The van der Waals surface area contributed by atoms with E-state index in [4.69, 9.17) is 4.74 Å². The second-order valence-corrected chi connectivity index (χ2v) is 5.34. The number of rotatable bonds is 3. The first-order valence-electron chi connectivity index (χ1n) is 5.95. The zero-order valence-electron chi connectivity index (χ0n) is 8.52. The molecule has 0 N–H and O–H groups in total. The van der Waals surface area contributed by atoms with Crippen molar-refractivity contribution in [3.63, 3.8) is 0 Å². The van der Waals surface area contributed by atoms with Crippen LogP contribution in [0.3, 0.4) is 0 Å². The van der Waals surface area contributed by atoms with Gasteiger partial charge in [0.2, 0.25) is 0 Å². The van der Waals surface area contributed by atoms with Crippen LogP contribution in [0.4, 0.5) is 0 Å². The second-order valence-electron chi connectivity index (χ2n) is 5.34. The van der Waals surface area contributed by atoms with Gasteiger partial charge in [-0.1, -0.05) is 6.42 Å². The van der Waals surface area contributed by atoms with Gasteiger partial charge in [0.15, 0.2) is 0 Å². The minimum atomic E-state index is 0.609. The zero-order valence-corrected chi connectivity index (χ0v) is 8.52. The SMILES string of the molecule is O=COC[C@@H]1C[C@@H]2C[C@H]1[C@@H]1CCC[C@H]21. The highest BCUT2D eigenvalue weighted by Crippen LogP contribution is 2.60. The van der Waals surface area contributed by atoms with E-state index in [1.54, 1.807) is 0 Å². The van der Waals surface area contributed by atoms with Crippen LogP contribution in [0.15, 0.2) is 0 Å². The first-order valence-corrected chi connectivity index (χ1v) is 5.95. The second kappa shape index (κ2) is 3.25. The van der Waals surface area contributed by atoms with E-state index in [1.807, 2.05) is 0 Å². The van der Waals surface area contributed by atoms with Gasteiger partial charge in [-0.2, -0.15) is 0 Å². The molecule has 0 aromatic heterocycles. The van der Waals surface area contributed by atoms with Crippen molar-refractivity contribution in [2.45, 2.75) is 32.1 Å². The lowest BCUT2D eigenvalue weighted by molar-refractivity contribution is -0.130. The molecule has 3 aliphatic rings. The molecule has 0 radical (unpaired) electrons. The maximum Gasteiger partial charge on any atom is 0.293 e. The molecule has 0 amide bonds. The lowest BCUT2D eigenvalue weighted by Crippen LogP contribution is -2.27. The van der Waals surface area contributed by atoms with Gasteiger partial charge in [-0.05, 0) is 55.3 Å². The minimum absolute atomic E-state index is 0.609. The summed E-state index contributed by atoms with van der Waals surface area (Å²) in [6.07, 6.45) is 7.14. The Morgan fingerprint density at radius 3 is 2.86 bits per heavy atom. The first kappa shape index (κ1) is 8.75. The topological polar surface area (TPSA) is 26.3 Å². The van der Waals surface area contributed by atoms with Crippen molar-refractivity contribution in [2.75, 3.05) is 6.61 Å². The minimum Gasteiger partial charge on any atom is -0.468 e. The highest BCUT2D eigenvalue weighted by atomic mass is 16.5. The van der Waals surface area contributed by atoms with Crippen LogP contribution in [0.2, 0.25) is 0 Å². The first-order chi connectivity index (χ1) is 6.90. The van der Waals surface area contributed by atoms with Crippen molar-refractivity contribution >= 4 is 6.47 Å². The highest BCUT2D eigenvalue weighted by molar-refractivity contribution is 5.36. The fourth-order valence-corrected chi connectivity index (χ4v) is 4.56. The number of carbonyl (C=O) groups excluding carboxylic acids is 1. The van der Waals surface area contributed by atoms with Gasteiger partial charge in [-0.25, -0.2) is 0 Å². The number of carbonyl (C=O) groups is 1. The van der Waals surface area contributed by atoms with Crippen LogP contribution in [0.5, 0.6) is 0 Å². The molecular weight excluding hydrogens is 176 g/mol. The van der Waals surface area contributed by atoms with Crippen LogP contribution in [-0.4, -0.2) is 13.1 Å². The van der Waals surface area contributed by atoms with Crippen molar-refractivity contribution in [3.8, 4) is 0 Å². The van der Waals surface area contributed by atoms with Crippen LogP contribution < -0.4 is 0 Å². The summed E-state index contributed by atoms with van der Waals surface area (Å²) < 4.78 is 4.94. The zero-order chi connectivity index (χ0) is 9.54. The average molecular weight is 194 g/mol. The highest BCUT2D eigenvalue weighted by Gasteiger charge is 2.53. The van der Waals surface area contributed by atoms with Crippen molar-refractivity contribution < 1.29 is 9.53 Å². The molecule has 0 heterocycles. The summed E-state index contributed by atoms with van der Waals surface area (Å²) in [5, 5.41) is 0. The fourth-order valence-electron chi connectivity index (χ4n) is 4.56. The smallest absolute Gasteiger partial charge is 0.293 e. The fraction of sp³-hybridized carbons (Fsp3) is 0.917. The van der Waals surface area contributed by atoms with Crippen LogP contribution in [0.1, 0.15) is 32.1 Å². The molecule has 0 saturated heterocycles. The molecule has 78 valence electrons. The van der Waals surface area contributed by atoms with Gasteiger partial charge in [-0.15, -0.1) is 0 Å². The van der Waals surface area contributed by atoms with Gasteiger partial charge in [0.1, 0.15) is 0 Å². The molecule has 3 aliphatic carbocycles. The molecule has 0 aromatic carbocycles. The van der Waals surface area contributed by atoms with Gasteiger partial charge in [0.25, 0.3) is 6.47 Å².